The summed E-state index contributed by atoms with van der Waals surface area (Å²) in [5.74, 6) is -0.336. The van der Waals surface area contributed by atoms with Crippen LogP contribution in [0.3, 0.4) is 0 Å². The molecule has 9 nitrogen and oxygen atoms in total. The Morgan fingerprint density at radius 3 is 2.50 bits per heavy atom. The fraction of sp³-hybridized carbons (Fsp3) is 0.611. The number of carbonyl (C=O) groups is 1. The maximum atomic E-state index is 12.2. The van der Waals surface area contributed by atoms with E-state index >= 15 is 0 Å². The Bertz CT molecular complexity index is 874. The lowest BCUT2D eigenvalue weighted by Gasteiger charge is -2.06. The Hall–Kier alpha value is -2.49. The molecule has 2 heterocycles. The molecule has 0 aliphatic heterocycles. The van der Waals surface area contributed by atoms with Gasteiger partial charge in [0.15, 0.2) is 5.13 Å². The van der Waals surface area contributed by atoms with Crippen LogP contribution in [0.15, 0.2) is 15.9 Å². The van der Waals surface area contributed by atoms with Crippen molar-refractivity contribution in [2.45, 2.75) is 64.2 Å². The Morgan fingerprint density at radius 2 is 1.75 bits per heavy atom. The highest BCUT2D eigenvalue weighted by molar-refractivity contribution is 7.15. The van der Waals surface area contributed by atoms with Crippen LogP contribution >= 0.6 is 11.3 Å². The number of thiazole rings is 1. The number of aryl methyl sites for hydroxylation is 2. The molecule has 1 aliphatic carbocycles. The molecule has 1 amide bonds. The van der Waals surface area contributed by atoms with Crippen LogP contribution in [-0.4, -0.2) is 32.3 Å². The van der Waals surface area contributed by atoms with Crippen LogP contribution in [0, 0.1) is 0 Å². The molecule has 2 aromatic heterocycles. The molecule has 28 heavy (non-hydrogen) atoms. The second-order valence-electron chi connectivity index (χ2n) is 6.96. The maximum absolute atomic E-state index is 12.2. The van der Waals surface area contributed by atoms with Gasteiger partial charge in [0.1, 0.15) is 12.9 Å². The summed E-state index contributed by atoms with van der Waals surface area (Å²) in [6, 6.07) is 0. The number of hydrogen-bond acceptors (Lipinski definition) is 7. The van der Waals surface area contributed by atoms with Crippen molar-refractivity contribution in [3.63, 3.8) is 0 Å². The summed E-state index contributed by atoms with van der Waals surface area (Å²) < 4.78 is 0.887. The number of aromatic amines is 1. The van der Waals surface area contributed by atoms with E-state index in [-0.39, 0.29) is 12.5 Å². The van der Waals surface area contributed by atoms with Gasteiger partial charge in [0, 0.05) is 4.88 Å². The van der Waals surface area contributed by atoms with Gasteiger partial charge in [0.2, 0.25) is 5.91 Å². The van der Waals surface area contributed by atoms with Crippen molar-refractivity contribution < 1.29 is 4.79 Å². The summed E-state index contributed by atoms with van der Waals surface area (Å²) in [5.41, 5.74) is 2.00. The molecule has 3 N–H and O–H groups in total. The van der Waals surface area contributed by atoms with Gasteiger partial charge in [-0.25, -0.2) is 14.8 Å². The van der Waals surface area contributed by atoms with Gasteiger partial charge < -0.3 is 10.7 Å². The smallest absolute Gasteiger partial charge is 0.312 e. The minimum Gasteiger partial charge on any atom is -0.312 e. The molecule has 0 bridgehead atoms. The number of H-pyrrole nitrogens is 1. The zero-order valence-corrected chi connectivity index (χ0v) is 16.6. The fourth-order valence-electron chi connectivity index (χ4n) is 3.25. The lowest BCUT2D eigenvalue weighted by atomic mass is 10.0. The predicted octanol–water partition coefficient (Wildman–Crippen LogP) is 1.79. The number of rotatable bonds is 4. The highest BCUT2D eigenvalue weighted by Crippen LogP contribution is 2.27. The molecule has 0 fully saturated rings. The summed E-state index contributed by atoms with van der Waals surface area (Å²) in [7, 11) is 0. The second-order valence-corrected chi connectivity index (χ2v) is 8.04. The first kappa shape index (κ1) is 20.2. The van der Waals surface area contributed by atoms with Crippen LogP contribution in [0.5, 0.6) is 0 Å². The average Bonchev–Trinajstić information content (AvgIpc) is 3.04. The van der Waals surface area contributed by atoms with Crippen molar-refractivity contribution >= 4 is 22.4 Å². The number of amides is 1. The van der Waals surface area contributed by atoms with E-state index in [1.54, 1.807) is 0 Å². The quantitative estimate of drug-likeness (QED) is 0.666. The van der Waals surface area contributed by atoms with Crippen LogP contribution in [-0.2, 0) is 17.6 Å². The molecule has 0 unspecified atom stereocenters. The summed E-state index contributed by atoms with van der Waals surface area (Å²) in [6.45, 7) is -0.171. The van der Waals surface area contributed by atoms with Gasteiger partial charge in [-0.05, 0) is 25.7 Å². The molecule has 0 spiro atoms. The maximum Gasteiger partial charge on any atom is 0.337 e. The number of fused-ring (bicyclic) bond motifs is 1. The number of nitrogens with zero attached hydrogens (tertiary/aromatic N) is 3. The third-order valence-electron chi connectivity index (χ3n) is 4.75. The van der Waals surface area contributed by atoms with Crippen molar-refractivity contribution in [1.29, 1.82) is 0 Å². The molecule has 0 aromatic carbocycles. The van der Waals surface area contributed by atoms with E-state index in [4.69, 9.17) is 0 Å². The van der Waals surface area contributed by atoms with Gasteiger partial charge in [0.25, 0.3) is 0 Å². The van der Waals surface area contributed by atoms with Gasteiger partial charge in [0.05, 0.1) is 5.69 Å². The normalized spacial score (nSPS) is 15.7. The van der Waals surface area contributed by atoms with Crippen molar-refractivity contribution in [1.82, 2.24) is 19.9 Å². The van der Waals surface area contributed by atoms with Gasteiger partial charge in [-0.3, -0.25) is 14.4 Å². The van der Waals surface area contributed by atoms with Crippen LogP contribution in [0.1, 0.15) is 61.9 Å². The third kappa shape index (κ3) is 5.75. The largest absolute Gasteiger partial charge is 0.337 e. The molecule has 152 valence electrons. The Labute approximate surface area is 166 Å². The number of hydrogen-bond donors (Lipinski definition) is 3. The topological polar surface area (TPSA) is 122 Å². The summed E-state index contributed by atoms with van der Waals surface area (Å²) in [5, 5.41) is 8.92. The van der Waals surface area contributed by atoms with E-state index in [0.29, 0.717) is 5.13 Å². The SMILES string of the molecule is O=C(CNn1cn[nH]c(=O)c1=O)Nc1nc2c(s1)CCCCCCCCCC2. The highest BCUT2D eigenvalue weighted by Gasteiger charge is 2.14. The van der Waals surface area contributed by atoms with Crippen molar-refractivity contribution in [2.75, 3.05) is 17.3 Å². The van der Waals surface area contributed by atoms with Crippen molar-refractivity contribution in [2.24, 2.45) is 0 Å². The Kier molecular flexibility index (Phi) is 7.35. The van der Waals surface area contributed by atoms with E-state index in [2.05, 4.69) is 20.8 Å². The molecular formula is C18H26N6O3S. The van der Waals surface area contributed by atoms with Gasteiger partial charge in [-0.1, -0.05) is 38.5 Å². The molecule has 0 saturated carbocycles. The standard InChI is InChI=1S/C18H26N6O3S/c25-15(11-20-24-12-19-23-16(26)17(24)27)22-18-21-13-9-7-5-3-1-2-4-6-8-10-14(13)28-18/h12,20H,1-11H2,(H,23,26)(H,21,22,25). The zero-order valence-electron chi connectivity index (χ0n) is 15.8. The number of anilines is 1. The van der Waals surface area contributed by atoms with E-state index in [0.717, 1.165) is 42.4 Å². The Balaban J connectivity index is 1.59. The van der Waals surface area contributed by atoms with Crippen molar-refractivity contribution in [3.8, 4) is 0 Å². The van der Waals surface area contributed by atoms with Crippen LogP contribution in [0.2, 0.25) is 0 Å². The minimum atomic E-state index is -0.853. The summed E-state index contributed by atoms with van der Waals surface area (Å²) in [4.78, 5) is 40.9. The molecule has 2 aromatic rings. The van der Waals surface area contributed by atoms with E-state index in [9.17, 15) is 14.4 Å². The first-order valence-electron chi connectivity index (χ1n) is 9.82. The number of aromatic nitrogens is 4. The van der Waals surface area contributed by atoms with E-state index in [1.807, 2.05) is 5.10 Å². The van der Waals surface area contributed by atoms with E-state index < -0.39 is 11.1 Å². The van der Waals surface area contributed by atoms with Gasteiger partial charge in [-0.15, -0.1) is 11.3 Å². The first-order chi connectivity index (χ1) is 13.6. The molecule has 1 aliphatic rings. The molecule has 3 rings (SSSR count). The highest BCUT2D eigenvalue weighted by atomic mass is 32.1. The van der Waals surface area contributed by atoms with Gasteiger partial charge in [-0.2, -0.15) is 5.10 Å². The predicted molar refractivity (Wildman–Crippen MR) is 108 cm³/mol. The van der Waals surface area contributed by atoms with Crippen LogP contribution in [0.25, 0.3) is 0 Å². The third-order valence-corrected chi connectivity index (χ3v) is 5.83. The minimum absolute atomic E-state index is 0.171. The van der Waals surface area contributed by atoms with Crippen molar-refractivity contribution in [3.05, 3.63) is 37.6 Å². The monoisotopic (exact) mass is 406 g/mol. The molecule has 10 heteroatoms. The molecule has 0 atom stereocenters. The first-order valence-corrected chi connectivity index (χ1v) is 10.6. The Morgan fingerprint density at radius 1 is 1.07 bits per heavy atom. The number of carbonyl (C=O) groups excluding carboxylic acids is 1. The van der Waals surface area contributed by atoms with E-state index in [1.165, 1.54) is 54.7 Å². The lowest BCUT2D eigenvalue weighted by Crippen LogP contribution is -2.42. The average molecular weight is 407 g/mol. The summed E-state index contributed by atoms with van der Waals surface area (Å²) >= 11 is 1.53. The zero-order chi connectivity index (χ0) is 19.8. The lowest BCUT2D eigenvalue weighted by molar-refractivity contribution is -0.114. The number of nitrogens with one attached hydrogen (secondary N) is 3. The molecule has 0 saturated heterocycles. The molecule has 0 radical (unpaired) electrons. The van der Waals surface area contributed by atoms with Crippen LogP contribution < -0.4 is 21.9 Å². The fourth-order valence-corrected chi connectivity index (χ4v) is 4.32. The summed E-state index contributed by atoms with van der Waals surface area (Å²) in [6.07, 6.45) is 13.0. The molecular weight excluding hydrogens is 380 g/mol. The van der Waals surface area contributed by atoms with Gasteiger partial charge >= 0.3 is 11.1 Å². The van der Waals surface area contributed by atoms with Crippen LogP contribution in [0.4, 0.5) is 5.13 Å². The second kappa shape index (κ2) is 10.2.